The van der Waals surface area contributed by atoms with Gasteiger partial charge in [0.2, 0.25) is 0 Å². The van der Waals surface area contributed by atoms with Gasteiger partial charge in [-0.15, -0.1) is 0 Å². The molecule has 0 radical (unpaired) electrons. The molecule has 18 heavy (non-hydrogen) atoms. The van der Waals surface area contributed by atoms with Crippen molar-refractivity contribution < 1.29 is 5.11 Å². The summed E-state index contributed by atoms with van der Waals surface area (Å²) in [5.74, 6) is 0.366. The monoisotopic (exact) mass is 246 g/mol. The largest absolute Gasteiger partial charge is 0.388 e. The lowest BCUT2D eigenvalue weighted by molar-refractivity contribution is -0.0246. The van der Waals surface area contributed by atoms with E-state index in [9.17, 15) is 5.11 Å². The number of hydrogen-bond donors (Lipinski definition) is 2. The number of aliphatic hydroxyl groups is 1. The van der Waals surface area contributed by atoms with Gasteiger partial charge in [0.15, 0.2) is 0 Å². The van der Waals surface area contributed by atoms with Crippen LogP contribution in [0.3, 0.4) is 0 Å². The maximum Gasteiger partial charge on any atom is 0.0810 e. The molecule has 3 rings (SSSR count). The first kappa shape index (κ1) is 12.2. The molecule has 98 valence electrons. The zero-order chi connectivity index (χ0) is 12.6. The van der Waals surface area contributed by atoms with E-state index in [1.807, 2.05) is 0 Å². The number of likely N-dealkylation sites (tertiary alicyclic amines) is 1. The Labute approximate surface area is 109 Å². The van der Waals surface area contributed by atoms with Crippen molar-refractivity contribution in [3.8, 4) is 0 Å². The molecule has 1 heterocycles. The average molecular weight is 246 g/mol. The predicted molar refractivity (Wildman–Crippen MR) is 72.0 cm³/mol. The van der Waals surface area contributed by atoms with E-state index < -0.39 is 5.60 Å². The maximum atomic E-state index is 10.5. The summed E-state index contributed by atoms with van der Waals surface area (Å²) in [5, 5.41) is 10.5. The van der Waals surface area contributed by atoms with Crippen LogP contribution in [0.15, 0.2) is 30.3 Å². The quantitative estimate of drug-likeness (QED) is 0.846. The summed E-state index contributed by atoms with van der Waals surface area (Å²) < 4.78 is 0. The molecule has 3 heteroatoms. The molecule has 2 fully saturated rings. The SMILES string of the molecule is NCC1(O)CCC2CC1CN2Cc1ccccc1. The molecule has 3 N–H and O–H groups in total. The highest BCUT2D eigenvalue weighted by Gasteiger charge is 2.47. The van der Waals surface area contributed by atoms with Crippen molar-refractivity contribution in [2.45, 2.75) is 37.5 Å². The topological polar surface area (TPSA) is 49.5 Å². The summed E-state index contributed by atoms with van der Waals surface area (Å²) in [6.45, 7) is 2.40. The van der Waals surface area contributed by atoms with Gasteiger partial charge in [-0.05, 0) is 24.8 Å². The second-order valence-corrected chi connectivity index (χ2v) is 5.85. The van der Waals surface area contributed by atoms with Gasteiger partial charge in [-0.2, -0.15) is 0 Å². The molecular formula is C15H22N2O. The zero-order valence-corrected chi connectivity index (χ0v) is 10.8. The Morgan fingerprint density at radius 3 is 2.83 bits per heavy atom. The second-order valence-electron chi connectivity index (χ2n) is 5.85. The smallest absolute Gasteiger partial charge is 0.0810 e. The molecule has 2 aliphatic rings. The van der Waals surface area contributed by atoms with Gasteiger partial charge in [-0.1, -0.05) is 30.3 Å². The lowest BCUT2D eigenvalue weighted by Gasteiger charge is -2.36. The van der Waals surface area contributed by atoms with E-state index in [1.54, 1.807) is 0 Å². The van der Waals surface area contributed by atoms with E-state index in [0.717, 1.165) is 32.4 Å². The van der Waals surface area contributed by atoms with Crippen LogP contribution in [0.2, 0.25) is 0 Å². The molecular weight excluding hydrogens is 224 g/mol. The summed E-state index contributed by atoms with van der Waals surface area (Å²) in [7, 11) is 0. The lowest BCUT2D eigenvalue weighted by Crippen LogP contribution is -2.47. The normalized spacial score (nSPS) is 35.9. The molecule has 3 nitrogen and oxygen atoms in total. The number of rotatable bonds is 3. The number of nitrogens with two attached hydrogens (primary N) is 1. The molecule has 1 aromatic carbocycles. The minimum atomic E-state index is -0.609. The van der Waals surface area contributed by atoms with Crippen molar-refractivity contribution in [2.24, 2.45) is 11.7 Å². The highest BCUT2D eigenvalue weighted by atomic mass is 16.3. The Morgan fingerprint density at radius 2 is 2.11 bits per heavy atom. The molecule has 0 spiro atoms. The second kappa shape index (κ2) is 4.65. The van der Waals surface area contributed by atoms with Crippen molar-refractivity contribution in [2.75, 3.05) is 13.1 Å². The number of fused-ring (bicyclic) bond motifs is 2. The minimum Gasteiger partial charge on any atom is -0.388 e. The van der Waals surface area contributed by atoms with E-state index in [-0.39, 0.29) is 0 Å². The van der Waals surface area contributed by atoms with Gasteiger partial charge in [0, 0.05) is 31.6 Å². The molecule has 1 saturated carbocycles. The first-order chi connectivity index (χ1) is 8.71. The highest BCUT2D eigenvalue weighted by Crippen LogP contribution is 2.42. The lowest BCUT2D eigenvalue weighted by atomic mass is 9.76. The molecule has 3 atom stereocenters. The number of benzene rings is 1. The first-order valence-electron chi connectivity index (χ1n) is 6.92. The van der Waals surface area contributed by atoms with Crippen molar-refractivity contribution >= 4 is 0 Å². The van der Waals surface area contributed by atoms with Crippen LogP contribution in [0.1, 0.15) is 24.8 Å². The highest BCUT2D eigenvalue weighted by molar-refractivity contribution is 5.15. The Kier molecular flexibility index (Phi) is 3.14. The Hall–Kier alpha value is -0.900. The van der Waals surface area contributed by atoms with Gasteiger partial charge < -0.3 is 10.8 Å². The fourth-order valence-corrected chi connectivity index (χ4v) is 3.57. The van der Waals surface area contributed by atoms with Crippen LogP contribution in [0, 0.1) is 5.92 Å². The van der Waals surface area contributed by atoms with Crippen LogP contribution in [0.4, 0.5) is 0 Å². The standard InChI is InChI=1S/C15H22N2O/c16-11-15(18)7-6-14-8-13(15)10-17(14)9-12-4-2-1-3-5-12/h1-5,13-14,18H,6-11,16H2. The first-order valence-corrected chi connectivity index (χ1v) is 6.92. The van der Waals surface area contributed by atoms with Crippen LogP contribution >= 0.6 is 0 Å². The van der Waals surface area contributed by atoms with Crippen LogP contribution in [0.5, 0.6) is 0 Å². The van der Waals surface area contributed by atoms with Crippen molar-refractivity contribution in [1.82, 2.24) is 4.90 Å². The molecule has 1 aliphatic carbocycles. The summed E-state index contributed by atoms with van der Waals surface area (Å²) in [4.78, 5) is 2.52. The van der Waals surface area contributed by atoms with Gasteiger partial charge in [0.05, 0.1) is 5.60 Å². The van der Waals surface area contributed by atoms with Gasteiger partial charge in [-0.3, -0.25) is 4.90 Å². The van der Waals surface area contributed by atoms with Crippen LogP contribution < -0.4 is 5.73 Å². The molecule has 1 aliphatic heterocycles. The van der Waals surface area contributed by atoms with E-state index in [4.69, 9.17) is 5.73 Å². The van der Waals surface area contributed by atoms with Gasteiger partial charge >= 0.3 is 0 Å². The third-order valence-corrected chi connectivity index (χ3v) is 4.78. The number of hydrogen-bond acceptors (Lipinski definition) is 3. The maximum absolute atomic E-state index is 10.5. The van der Waals surface area contributed by atoms with Gasteiger partial charge in [0.1, 0.15) is 0 Å². The molecule has 0 amide bonds. The third kappa shape index (κ3) is 2.07. The Bertz CT molecular complexity index is 408. The summed E-state index contributed by atoms with van der Waals surface area (Å²) in [5.41, 5.74) is 6.50. The van der Waals surface area contributed by atoms with E-state index in [2.05, 4.69) is 35.2 Å². The summed E-state index contributed by atoms with van der Waals surface area (Å²) in [6.07, 6.45) is 3.06. The summed E-state index contributed by atoms with van der Waals surface area (Å²) in [6, 6.07) is 11.2. The van der Waals surface area contributed by atoms with Crippen molar-refractivity contribution in [1.29, 1.82) is 0 Å². The average Bonchev–Trinajstić information content (AvgIpc) is 2.76. The van der Waals surface area contributed by atoms with Gasteiger partial charge in [-0.25, -0.2) is 0 Å². The van der Waals surface area contributed by atoms with Crippen molar-refractivity contribution in [3.63, 3.8) is 0 Å². The fraction of sp³-hybridized carbons (Fsp3) is 0.600. The van der Waals surface area contributed by atoms with E-state index >= 15 is 0 Å². The molecule has 2 bridgehead atoms. The van der Waals surface area contributed by atoms with Crippen molar-refractivity contribution in [3.05, 3.63) is 35.9 Å². The molecule has 3 unspecified atom stereocenters. The van der Waals surface area contributed by atoms with Gasteiger partial charge in [0.25, 0.3) is 0 Å². The van der Waals surface area contributed by atoms with E-state index in [0.29, 0.717) is 18.5 Å². The molecule has 1 saturated heterocycles. The van der Waals surface area contributed by atoms with Crippen LogP contribution in [0.25, 0.3) is 0 Å². The molecule has 1 aromatic rings. The van der Waals surface area contributed by atoms with E-state index in [1.165, 1.54) is 5.56 Å². The number of nitrogens with zero attached hydrogens (tertiary/aromatic N) is 1. The predicted octanol–water partition coefficient (Wildman–Crippen LogP) is 1.36. The zero-order valence-electron chi connectivity index (χ0n) is 10.8. The van der Waals surface area contributed by atoms with Crippen LogP contribution in [-0.2, 0) is 6.54 Å². The Balaban J connectivity index is 1.70. The summed E-state index contributed by atoms with van der Waals surface area (Å²) >= 11 is 0. The minimum absolute atomic E-state index is 0.366. The third-order valence-electron chi connectivity index (χ3n) is 4.78. The van der Waals surface area contributed by atoms with Crippen LogP contribution in [-0.4, -0.2) is 34.7 Å². The Morgan fingerprint density at radius 1 is 1.33 bits per heavy atom. The molecule has 0 aromatic heterocycles. The fourth-order valence-electron chi connectivity index (χ4n) is 3.57.